The number of furan rings is 1. The van der Waals surface area contributed by atoms with Gasteiger partial charge in [0.2, 0.25) is 0 Å². The summed E-state index contributed by atoms with van der Waals surface area (Å²) in [4.78, 5) is 4.79. The second-order valence-corrected chi connectivity index (χ2v) is 6.04. The number of rotatable bonds is 7. The number of anilines is 1. The Labute approximate surface area is 131 Å². The van der Waals surface area contributed by atoms with E-state index in [0.717, 1.165) is 27.7 Å². The molecule has 3 rings (SSSR count). The van der Waals surface area contributed by atoms with Gasteiger partial charge in [0.05, 0.1) is 17.2 Å². The minimum Gasteiger partial charge on any atom is -0.463 e. The van der Waals surface area contributed by atoms with Crippen LogP contribution in [-0.4, -0.2) is 11.0 Å². The highest BCUT2D eigenvalue weighted by Crippen LogP contribution is 2.30. The molecule has 22 heavy (non-hydrogen) atoms. The van der Waals surface area contributed by atoms with Crippen molar-refractivity contribution in [1.82, 2.24) is 4.98 Å². The molecule has 0 bridgehead atoms. The minimum atomic E-state index is 0.420. The van der Waals surface area contributed by atoms with E-state index >= 15 is 0 Å². The fourth-order valence-corrected chi connectivity index (χ4v) is 2.94. The molecule has 0 radical (unpaired) electrons. The van der Waals surface area contributed by atoms with Crippen LogP contribution < -0.4 is 5.32 Å². The molecule has 0 unspecified atom stereocenters. The fraction of sp³-hybridized carbons (Fsp3) is 0.421. The summed E-state index contributed by atoms with van der Waals surface area (Å²) in [6.07, 6.45) is 8.11. The number of nitrogens with one attached hydrogen (secondary N) is 1. The summed E-state index contributed by atoms with van der Waals surface area (Å²) in [6.45, 7) is 4.48. The lowest BCUT2D eigenvalue weighted by atomic mass is 10.1. The summed E-state index contributed by atoms with van der Waals surface area (Å²) < 4.78 is 5.69. The summed E-state index contributed by atoms with van der Waals surface area (Å²) in [5, 5.41) is 5.71. The van der Waals surface area contributed by atoms with Crippen molar-refractivity contribution >= 4 is 27.7 Å². The molecular formula is C19H24N2O. The highest BCUT2D eigenvalue weighted by atomic mass is 16.3. The van der Waals surface area contributed by atoms with E-state index in [0.29, 0.717) is 6.04 Å². The summed E-state index contributed by atoms with van der Waals surface area (Å²) in [6, 6.07) is 10.6. The van der Waals surface area contributed by atoms with E-state index in [4.69, 9.17) is 9.40 Å². The fourth-order valence-electron chi connectivity index (χ4n) is 2.94. The SMILES string of the molecule is CCCCCC[C@H](C)Nc1nc2ccccc2c2occc12. The lowest BCUT2D eigenvalue weighted by Gasteiger charge is -2.15. The van der Waals surface area contributed by atoms with Gasteiger partial charge in [-0.15, -0.1) is 0 Å². The third-order valence-corrected chi connectivity index (χ3v) is 4.18. The maximum atomic E-state index is 5.69. The van der Waals surface area contributed by atoms with Gasteiger partial charge in [-0.1, -0.05) is 44.7 Å². The molecule has 2 heterocycles. The monoisotopic (exact) mass is 296 g/mol. The Balaban J connectivity index is 1.81. The van der Waals surface area contributed by atoms with Gasteiger partial charge < -0.3 is 9.73 Å². The van der Waals surface area contributed by atoms with Crippen LogP contribution >= 0.6 is 0 Å². The van der Waals surface area contributed by atoms with Gasteiger partial charge in [0.25, 0.3) is 0 Å². The molecule has 0 saturated heterocycles. The van der Waals surface area contributed by atoms with Crippen LogP contribution in [0.25, 0.3) is 21.9 Å². The molecule has 0 aliphatic carbocycles. The Morgan fingerprint density at radius 3 is 2.82 bits per heavy atom. The van der Waals surface area contributed by atoms with Gasteiger partial charge in [-0.05, 0) is 31.5 Å². The molecule has 0 amide bonds. The molecule has 2 aromatic heterocycles. The highest BCUT2D eigenvalue weighted by molar-refractivity contribution is 6.06. The second-order valence-electron chi connectivity index (χ2n) is 6.04. The van der Waals surface area contributed by atoms with E-state index in [-0.39, 0.29) is 0 Å². The van der Waals surface area contributed by atoms with Crippen molar-refractivity contribution in [3.05, 3.63) is 36.6 Å². The van der Waals surface area contributed by atoms with Crippen LogP contribution in [0.15, 0.2) is 41.0 Å². The van der Waals surface area contributed by atoms with Crippen LogP contribution in [0.2, 0.25) is 0 Å². The highest BCUT2D eigenvalue weighted by Gasteiger charge is 2.12. The molecule has 0 saturated carbocycles. The van der Waals surface area contributed by atoms with Crippen LogP contribution in [0.4, 0.5) is 5.82 Å². The number of benzene rings is 1. The zero-order valence-corrected chi connectivity index (χ0v) is 13.4. The van der Waals surface area contributed by atoms with E-state index in [9.17, 15) is 0 Å². The molecule has 0 aliphatic rings. The first-order valence-corrected chi connectivity index (χ1v) is 8.32. The first kappa shape index (κ1) is 14.9. The molecule has 0 fully saturated rings. The first-order valence-electron chi connectivity index (χ1n) is 8.32. The average Bonchev–Trinajstić information content (AvgIpc) is 3.02. The molecule has 3 heteroatoms. The Bertz CT molecular complexity index is 747. The molecule has 3 nitrogen and oxygen atoms in total. The van der Waals surface area contributed by atoms with Gasteiger partial charge in [0.1, 0.15) is 11.4 Å². The number of fused-ring (bicyclic) bond motifs is 3. The van der Waals surface area contributed by atoms with E-state index < -0.39 is 0 Å². The zero-order chi connectivity index (χ0) is 15.4. The van der Waals surface area contributed by atoms with Gasteiger partial charge >= 0.3 is 0 Å². The van der Waals surface area contributed by atoms with Crippen molar-refractivity contribution in [1.29, 1.82) is 0 Å². The third-order valence-electron chi connectivity index (χ3n) is 4.18. The molecule has 116 valence electrons. The molecule has 0 spiro atoms. The van der Waals surface area contributed by atoms with Gasteiger partial charge in [0, 0.05) is 11.4 Å². The molecule has 3 aromatic rings. The van der Waals surface area contributed by atoms with Crippen molar-refractivity contribution < 1.29 is 4.42 Å². The summed E-state index contributed by atoms with van der Waals surface area (Å²) in [5.41, 5.74) is 1.90. The first-order chi connectivity index (χ1) is 10.8. The van der Waals surface area contributed by atoms with E-state index in [2.05, 4.69) is 25.2 Å². The molecule has 1 aromatic carbocycles. The van der Waals surface area contributed by atoms with Crippen LogP contribution in [0.5, 0.6) is 0 Å². The standard InChI is InChI=1S/C19H24N2O/c1-3-4-5-6-9-14(2)20-19-16-12-13-22-18(16)15-10-7-8-11-17(15)21-19/h7-8,10-14H,3-6,9H2,1-2H3,(H,20,21)/t14-/m0/s1. The van der Waals surface area contributed by atoms with Gasteiger partial charge in [0.15, 0.2) is 0 Å². The number of nitrogens with zero attached hydrogens (tertiary/aromatic N) is 1. The van der Waals surface area contributed by atoms with Crippen molar-refractivity contribution in [2.45, 2.75) is 52.0 Å². The summed E-state index contributed by atoms with van der Waals surface area (Å²) in [5.74, 6) is 0.936. The van der Waals surface area contributed by atoms with Crippen molar-refractivity contribution in [2.24, 2.45) is 0 Å². The van der Waals surface area contributed by atoms with Crippen LogP contribution in [0, 0.1) is 0 Å². The van der Waals surface area contributed by atoms with E-state index in [1.165, 1.54) is 32.1 Å². The quantitative estimate of drug-likeness (QED) is 0.564. The average molecular weight is 296 g/mol. The van der Waals surface area contributed by atoms with Crippen LogP contribution in [-0.2, 0) is 0 Å². The predicted molar refractivity (Wildman–Crippen MR) is 93.4 cm³/mol. The smallest absolute Gasteiger partial charge is 0.146 e. The Kier molecular flexibility index (Phi) is 4.62. The lowest BCUT2D eigenvalue weighted by molar-refractivity contribution is 0.593. The van der Waals surface area contributed by atoms with Gasteiger partial charge in [-0.2, -0.15) is 0 Å². The predicted octanol–water partition coefficient (Wildman–Crippen LogP) is 5.75. The Morgan fingerprint density at radius 1 is 1.09 bits per heavy atom. The van der Waals surface area contributed by atoms with Crippen LogP contribution in [0.1, 0.15) is 46.0 Å². The van der Waals surface area contributed by atoms with Crippen molar-refractivity contribution in [3.8, 4) is 0 Å². The summed E-state index contributed by atoms with van der Waals surface area (Å²) >= 11 is 0. The molecule has 1 atom stereocenters. The number of hydrogen-bond donors (Lipinski definition) is 1. The lowest BCUT2D eigenvalue weighted by Crippen LogP contribution is -2.16. The second kappa shape index (κ2) is 6.82. The number of aromatic nitrogens is 1. The number of para-hydroxylation sites is 1. The minimum absolute atomic E-state index is 0.420. The topological polar surface area (TPSA) is 38.1 Å². The maximum Gasteiger partial charge on any atom is 0.146 e. The normalized spacial score (nSPS) is 12.8. The number of hydrogen-bond acceptors (Lipinski definition) is 3. The van der Waals surface area contributed by atoms with Gasteiger partial charge in [-0.3, -0.25) is 0 Å². The molecular weight excluding hydrogens is 272 g/mol. The summed E-state index contributed by atoms with van der Waals surface area (Å²) in [7, 11) is 0. The molecule has 1 N–H and O–H groups in total. The number of pyridine rings is 1. The Morgan fingerprint density at radius 2 is 1.95 bits per heavy atom. The van der Waals surface area contributed by atoms with E-state index in [1.807, 2.05) is 24.3 Å². The largest absolute Gasteiger partial charge is 0.463 e. The zero-order valence-electron chi connectivity index (χ0n) is 13.4. The van der Waals surface area contributed by atoms with Crippen molar-refractivity contribution in [2.75, 3.05) is 5.32 Å². The maximum absolute atomic E-state index is 5.69. The van der Waals surface area contributed by atoms with Gasteiger partial charge in [-0.25, -0.2) is 4.98 Å². The van der Waals surface area contributed by atoms with Crippen LogP contribution in [0.3, 0.4) is 0 Å². The Hall–Kier alpha value is -2.03. The molecule has 0 aliphatic heterocycles. The van der Waals surface area contributed by atoms with Crippen molar-refractivity contribution in [3.63, 3.8) is 0 Å². The number of unbranched alkanes of at least 4 members (excludes halogenated alkanes) is 3. The van der Waals surface area contributed by atoms with E-state index in [1.54, 1.807) is 6.26 Å². The third kappa shape index (κ3) is 3.08.